The highest BCUT2D eigenvalue weighted by Gasteiger charge is 2.15. The van der Waals surface area contributed by atoms with Gasteiger partial charge in [0.2, 0.25) is 0 Å². The fourth-order valence-corrected chi connectivity index (χ4v) is 2.60. The van der Waals surface area contributed by atoms with Crippen LogP contribution in [0, 0.1) is 0 Å². The van der Waals surface area contributed by atoms with Crippen molar-refractivity contribution in [1.29, 1.82) is 0 Å². The Labute approximate surface area is 122 Å². The van der Waals surface area contributed by atoms with E-state index in [9.17, 15) is 0 Å². The highest BCUT2D eigenvalue weighted by molar-refractivity contribution is 5.37. The average Bonchev–Trinajstić information content (AvgIpc) is 2.46. The minimum absolute atomic E-state index is 0.410. The molecule has 0 saturated carbocycles. The van der Waals surface area contributed by atoms with Crippen LogP contribution in [0.1, 0.15) is 38.2 Å². The Balaban J connectivity index is 1.81. The summed E-state index contributed by atoms with van der Waals surface area (Å²) in [6.45, 7) is 6.03. The second-order valence-corrected chi connectivity index (χ2v) is 5.66. The van der Waals surface area contributed by atoms with Crippen LogP contribution in [0.4, 0.5) is 5.82 Å². The number of hydrogen-bond acceptors (Lipinski definition) is 4. The molecule has 1 fully saturated rings. The lowest BCUT2D eigenvalue weighted by Crippen LogP contribution is -2.33. The van der Waals surface area contributed by atoms with E-state index in [4.69, 9.17) is 4.74 Å². The molecule has 112 valence electrons. The Morgan fingerprint density at radius 3 is 3.10 bits per heavy atom. The van der Waals surface area contributed by atoms with E-state index >= 15 is 0 Å². The summed E-state index contributed by atoms with van der Waals surface area (Å²) in [5.41, 5.74) is 1.30. The van der Waals surface area contributed by atoms with Gasteiger partial charge in [-0.15, -0.1) is 0 Å². The first-order chi connectivity index (χ1) is 9.78. The van der Waals surface area contributed by atoms with E-state index in [1.807, 2.05) is 6.20 Å². The maximum Gasteiger partial charge on any atom is 0.126 e. The van der Waals surface area contributed by atoms with Crippen LogP contribution in [0.2, 0.25) is 0 Å². The van der Waals surface area contributed by atoms with Crippen molar-refractivity contribution in [3.05, 3.63) is 23.9 Å². The molecule has 2 rings (SSSR count). The highest BCUT2D eigenvalue weighted by Crippen LogP contribution is 2.15. The van der Waals surface area contributed by atoms with Crippen LogP contribution in [-0.4, -0.2) is 42.7 Å². The van der Waals surface area contributed by atoms with Gasteiger partial charge in [0.25, 0.3) is 0 Å². The van der Waals surface area contributed by atoms with Gasteiger partial charge in [-0.1, -0.05) is 6.92 Å². The summed E-state index contributed by atoms with van der Waals surface area (Å²) in [7, 11) is 2.16. The fourth-order valence-electron chi connectivity index (χ4n) is 2.60. The molecule has 1 unspecified atom stereocenters. The van der Waals surface area contributed by atoms with E-state index in [0.717, 1.165) is 38.5 Å². The zero-order valence-corrected chi connectivity index (χ0v) is 12.8. The molecule has 0 aliphatic carbocycles. The summed E-state index contributed by atoms with van der Waals surface area (Å²) in [5, 5.41) is 3.34. The first-order valence-electron chi connectivity index (χ1n) is 7.77. The molecule has 0 aromatic carbocycles. The molecule has 1 aliphatic rings. The fraction of sp³-hybridized carbons (Fsp3) is 0.688. The maximum absolute atomic E-state index is 5.80. The van der Waals surface area contributed by atoms with Gasteiger partial charge in [-0.3, -0.25) is 4.90 Å². The summed E-state index contributed by atoms with van der Waals surface area (Å²) in [6, 6.07) is 4.24. The number of ether oxygens (including phenoxy) is 1. The van der Waals surface area contributed by atoms with Crippen LogP contribution in [0.5, 0.6) is 0 Å². The van der Waals surface area contributed by atoms with Crippen molar-refractivity contribution in [2.24, 2.45) is 0 Å². The summed E-state index contributed by atoms with van der Waals surface area (Å²) in [5.74, 6) is 0.978. The molecule has 0 radical (unpaired) electrons. The van der Waals surface area contributed by atoms with E-state index < -0.39 is 0 Å². The molecule has 1 aliphatic heterocycles. The van der Waals surface area contributed by atoms with Gasteiger partial charge in [0.05, 0.1) is 6.10 Å². The molecular weight excluding hydrogens is 250 g/mol. The molecule has 0 spiro atoms. The predicted molar refractivity (Wildman–Crippen MR) is 82.9 cm³/mol. The van der Waals surface area contributed by atoms with Crippen LogP contribution >= 0.6 is 0 Å². The molecule has 4 heteroatoms. The van der Waals surface area contributed by atoms with Gasteiger partial charge >= 0.3 is 0 Å². The number of nitrogens with zero attached hydrogens (tertiary/aromatic N) is 2. The van der Waals surface area contributed by atoms with Gasteiger partial charge in [-0.2, -0.15) is 0 Å². The van der Waals surface area contributed by atoms with Crippen molar-refractivity contribution in [3.8, 4) is 0 Å². The van der Waals surface area contributed by atoms with Crippen molar-refractivity contribution in [2.75, 3.05) is 32.1 Å². The number of likely N-dealkylation sites (N-methyl/N-ethyl adjacent to an activating group) is 1. The monoisotopic (exact) mass is 277 g/mol. The number of rotatable bonds is 7. The van der Waals surface area contributed by atoms with E-state index in [2.05, 4.69) is 41.3 Å². The van der Waals surface area contributed by atoms with Crippen molar-refractivity contribution in [2.45, 2.75) is 45.3 Å². The molecule has 1 aromatic heterocycles. The Morgan fingerprint density at radius 1 is 1.45 bits per heavy atom. The number of nitrogens with one attached hydrogen (secondary N) is 1. The van der Waals surface area contributed by atoms with Gasteiger partial charge in [0.1, 0.15) is 5.82 Å². The summed E-state index contributed by atoms with van der Waals surface area (Å²) in [6.07, 6.45) is 7.14. The van der Waals surface area contributed by atoms with E-state index in [1.165, 1.54) is 24.8 Å². The Hall–Kier alpha value is -1.13. The molecule has 4 nitrogen and oxygen atoms in total. The molecule has 20 heavy (non-hydrogen) atoms. The molecular formula is C16H27N3O. The minimum Gasteiger partial charge on any atom is -0.377 e. The smallest absolute Gasteiger partial charge is 0.126 e. The van der Waals surface area contributed by atoms with Gasteiger partial charge in [-0.05, 0) is 50.4 Å². The zero-order valence-electron chi connectivity index (χ0n) is 12.8. The third-order valence-corrected chi connectivity index (χ3v) is 3.62. The number of anilines is 1. The van der Waals surface area contributed by atoms with E-state index in [0.29, 0.717) is 6.10 Å². The van der Waals surface area contributed by atoms with Crippen molar-refractivity contribution in [3.63, 3.8) is 0 Å². The number of hydrogen-bond donors (Lipinski definition) is 1. The average molecular weight is 277 g/mol. The lowest BCUT2D eigenvalue weighted by Gasteiger charge is -2.27. The lowest BCUT2D eigenvalue weighted by molar-refractivity contribution is -0.00259. The second-order valence-electron chi connectivity index (χ2n) is 5.66. The van der Waals surface area contributed by atoms with Crippen LogP contribution in [-0.2, 0) is 11.3 Å². The second kappa shape index (κ2) is 8.22. The topological polar surface area (TPSA) is 37.4 Å². The van der Waals surface area contributed by atoms with Gasteiger partial charge < -0.3 is 10.1 Å². The lowest BCUT2D eigenvalue weighted by atomic mass is 10.1. The Kier molecular flexibility index (Phi) is 6.27. The molecule has 1 aromatic rings. The quantitative estimate of drug-likeness (QED) is 0.831. The first kappa shape index (κ1) is 15.3. The minimum atomic E-state index is 0.410. The normalized spacial score (nSPS) is 19.2. The molecule has 1 saturated heterocycles. The van der Waals surface area contributed by atoms with Crippen LogP contribution in [0.25, 0.3) is 0 Å². The molecule has 0 bridgehead atoms. The van der Waals surface area contributed by atoms with Gasteiger partial charge in [0.15, 0.2) is 0 Å². The standard InChI is InChI=1S/C16H27N3O/c1-3-8-17-16-11-14(7-9-18-16)12-19(2)13-15-6-4-5-10-20-15/h7,9,11,15H,3-6,8,10,12-13H2,1-2H3,(H,17,18). The SMILES string of the molecule is CCCNc1cc(CN(C)CC2CCCCO2)ccn1. The predicted octanol–water partition coefficient (Wildman–Crippen LogP) is 2.90. The van der Waals surface area contributed by atoms with E-state index in [1.54, 1.807) is 0 Å². The molecule has 2 heterocycles. The Morgan fingerprint density at radius 2 is 2.35 bits per heavy atom. The largest absolute Gasteiger partial charge is 0.377 e. The number of aromatic nitrogens is 1. The van der Waals surface area contributed by atoms with Gasteiger partial charge in [0, 0.05) is 32.4 Å². The van der Waals surface area contributed by atoms with Crippen molar-refractivity contribution >= 4 is 5.82 Å². The van der Waals surface area contributed by atoms with Gasteiger partial charge in [-0.25, -0.2) is 4.98 Å². The maximum atomic E-state index is 5.80. The zero-order chi connectivity index (χ0) is 14.2. The third-order valence-electron chi connectivity index (χ3n) is 3.62. The summed E-state index contributed by atoms with van der Waals surface area (Å²) in [4.78, 5) is 6.69. The van der Waals surface area contributed by atoms with Crippen LogP contribution in [0.3, 0.4) is 0 Å². The van der Waals surface area contributed by atoms with Crippen molar-refractivity contribution < 1.29 is 4.74 Å². The van der Waals surface area contributed by atoms with Crippen LogP contribution in [0.15, 0.2) is 18.3 Å². The summed E-state index contributed by atoms with van der Waals surface area (Å²) < 4.78 is 5.80. The highest BCUT2D eigenvalue weighted by atomic mass is 16.5. The molecule has 1 atom stereocenters. The number of pyridine rings is 1. The van der Waals surface area contributed by atoms with Crippen LogP contribution < -0.4 is 5.32 Å². The Bertz CT molecular complexity index is 391. The third kappa shape index (κ3) is 5.10. The molecule has 0 amide bonds. The summed E-state index contributed by atoms with van der Waals surface area (Å²) >= 11 is 0. The van der Waals surface area contributed by atoms with E-state index in [-0.39, 0.29) is 0 Å². The molecule has 1 N–H and O–H groups in total. The first-order valence-corrected chi connectivity index (χ1v) is 7.77. The van der Waals surface area contributed by atoms with Crippen molar-refractivity contribution in [1.82, 2.24) is 9.88 Å².